The Hall–Kier alpha value is -2.55. The molecule has 0 aliphatic carbocycles. The van der Waals surface area contributed by atoms with Gasteiger partial charge in [-0.1, -0.05) is 29.8 Å². The first-order valence-corrected chi connectivity index (χ1v) is 8.75. The fourth-order valence-electron chi connectivity index (χ4n) is 2.68. The first-order valence-electron chi connectivity index (χ1n) is 7.95. The van der Waals surface area contributed by atoms with E-state index in [-0.39, 0.29) is 23.8 Å². The number of anilines is 1. The second-order valence-corrected chi connectivity index (χ2v) is 7.12. The molecule has 1 N–H and O–H groups in total. The summed E-state index contributed by atoms with van der Waals surface area (Å²) in [6.07, 6.45) is 1.00. The predicted molar refractivity (Wildman–Crippen MR) is 99.6 cm³/mol. The lowest BCUT2D eigenvalue weighted by molar-refractivity contribution is -0.117. The average Bonchev–Trinajstić information content (AvgIpc) is 2.89. The highest BCUT2D eigenvalue weighted by Crippen LogP contribution is 2.24. The van der Waals surface area contributed by atoms with Gasteiger partial charge in [-0.3, -0.25) is 9.59 Å². The number of nitrogens with one attached hydrogen (secondary N) is 1. The van der Waals surface area contributed by atoms with Crippen molar-refractivity contribution in [1.29, 1.82) is 0 Å². The van der Waals surface area contributed by atoms with Gasteiger partial charge in [-0.2, -0.15) is 10.2 Å². The second kappa shape index (κ2) is 6.99. The summed E-state index contributed by atoms with van der Waals surface area (Å²) in [6, 6.07) is 5.31. The van der Waals surface area contributed by atoms with Crippen LogP contribution >= 0.6 is 15.9 Å². The summed E-state index contributed by atoms with van der Waals surface area (Å²) in [7, 11) is 1.51. The first-order chi connectivity index (χ1) is 12.3. The van der Waals surface area contributed by atoms with Crippen molar-refractivity contribution in [3.63, 3.8) is 0 Å². The molecule has 0 radical (unpaired) electrons. The third kappa shape index (κ3) is 3.39. The number of rotatable bonds is 4. The Kier molecular flexibility index (Phi) is 4.90. The summed E-state index contributed by atoms with van der Waals surface area (Å²) in [5.74, 6) is -1.21. The molecule has 0 bridgehead atoms. The minimum absolute atomic E-state index is 0.0521. The highest BCUT2D eigenvalue weighted by molar-refractivity contribution is 9.10. The smallest absolute Gasteiger partial charge is 0.275 e. The molecule has 0 aliphatic heterocycles. The zero-order chi connectivity index (χ0) is 19.0. The maximum atomic E-state index is 13.6. The summed E-state index contributed by atoms with van der Waals surface area (Å²) in [6.45, 7) is 3.60. The molecule has 136 valence electrons. The van der Waals surface area contributed by atoms with E-state index < -0.39 is 11.7 Å². The van der Waals surface area contributed by atoms with Crippen LogP contribution in [-0.4, -0.2) is 25.5 Å². The quantitative estimate of drug-likeness (QED) is 0.701. The summed E-state index contributed by atoms with van der Waals surface area (Å²) in [5.41, 5.74) is 0.331. The molecule has 0 atom stereocenters. The molecule has 0 fully saturated rings. The molecular weight excluding hydrogens is 405 g/mol. The predicted octanol–water partition coefficient (Wildman–Crippen LogP) is 2.79. The molecule has 0 saturated heterocycles. The van der Waals surface area contributed by atoms with E-state index in [2.05, 4.69) is 31.4 Å². The van der Waals surface area contributed by atoms with Gasteiger partial charge in [0.15, 0.2) is 11.6 Å². The molecule has 2 heterocycles. The molecule has 7 nitrogen and oxygen atoms in total. The minimum Gasteiger partial charge on any atom is -0.307 e. The summed E-state index contributed by atoms with van der Waals surface area (Å²) in [5, 5.41) is 11.7. The van der Waals surface area contributed by atoms with Crippen LogP contribution < -0.4 is 10.9 Å². The fraction of sp³-hybridized carbons (Fsp3) is 0.294. The zero-order valence-electron chi connectivity index (χ0n) is 14.5. The van der Waals surface area contributed by atoms with Crippen molar-refractivity contribution in [3.8, 4) is 0 Å². The molecule has 9 heteroatoms. The van der Waals surface area contributed by atoms with Gasteiger partial charge in [-0.05, 0) is 24.1 Å². The second-order valence-electron chi connectivity index (χ2n) is 6.21. The lowest BCUT2D eigenvalue weighted by Gasteiger charge is -2.13. The van der Waals surface area contributed by atoms with E-state index >= 15 is 0 Å². The van der Waals surface area contributed by atoms with Crippen LogP contribution in [0.15, 0.2) is 33.7 Å². The molecule has 3 aromatic rings. The molecular formula is C17H17BrFN5O2. The van der Waals surface area contributed by atoms with Crippen LogP contribution in [0.4, 0.5) is 10.2 Å². The Labute approximate surface area is 156 Å². The van der Waals surface area contributed by atoms with Crippen LogP contribution in [0.3, 0.4) is 0 Å². The number of hydrogen-bond acceptors (Lipinski definition) is 4. The van der Waals surface area contributed by atoms with E-state index in [0.717, 1.165) is 20.7 Å². The number of halogens is 2. The number of benzene rings is 1. The number of amides is 1. The lowest BCUT2D eigenvalue weighted by atomic mass is 10.0. The average molecular weight is 422 g/mol. The number of hydrogen-bond donors (Lipinski definition) is 1. The molecule has 3 rings (SSSR count). The Balaban J connectivity index is 2.00. The molecule has 26 heavy (non-hydrogen) atoms. The van der Waals surface area contributed by atoms with Gasteiger partial charge in [0.2, 0.25) is 5.91 Å². The van der Waals surface area contributed by atoms with Crippen LogP contribution in [0.2, 0.25) is 0 Å². The van der Waals surface area contributed by atoms with Gasteiger partial charge >= 0.3 is 0 Å². The van der Waals surface area contributed by atoms with E-state index in [1.165, 1.54) is 11.7 Å². The van der Waals surface area contributed by atoms with E-state index in [1.54, 1.807) is 12.1 Å². The molecule has 0 spiro atoms. The van der Waals surface area contributed by atoms with Gasteiger partial charge in [-0.25, -0.2) is 13.8 Å². The highest BCUT2D eigenvalue weighted by atomic mass is 79.9. The van der Waals surface area contributed by atoms with Gasteiger partial charge < -0.3 is 5.32 Å². The maximum absolute atomic E-state index is 13.6. The SMILES string of the molecule is CC(C)c1nn(CC(=O)Nc2c(F)cnn2C)c(=O)c2ccc(Br)cc12. The van der Waals surface area contributed by atoms with E-state index in [0.29, 0.717) is 11.1 Å². The molecule has 0 aliphatic rings. The monoisotopic (exact) mass is 421 g/mol. The van der Waals surface area contributed by atoms with Gasteiger partial charge in [0, 0.05) is 16.9 Å². The normalized spacial score (nSPS) is 11.3. The Morgan fingerprint density at radius 1 is 1.35 bits per heavy atom. The largest absolute Gasteiger partial charge is 0.307 e. The molecule has 0 saturated carbocycles. The van der Waals surface area contributed by atoms with Crippen molar-refractivity contribution in [3.05, 3.63) is 50.7 Å². The van der Waals surface area contributed by atoms with E-state index in [1.807, 2.05) is 19.9 Å². The number of fused-ring (bicyclic) bond motifs is 1. The number of aryl methyl sites for hydroxylation is 1. The molecule has 0 unspecified atom stereocenters. The number of nitrogens with zero attached hydrogens (tertiary/aromatic N) is 4. The third-order valence-electron chi connectivity index (χ3n) is 3.94. The van der Waals surface area contributed by atoms with Crippen LogP contribution in [0, 0.1) is 5.82 Å². The van der Waals surface area contributed by atoms with Crippen molar-refractivity contribution in [2.45, 2.75) is 26.3 Å². The van der Waals surface area contributed by atoms with Crippen LogP contribution in [0.5, 0.6) is 0 Å². The van der Waals surface area contributed by atoms with Crippen molar-refractivity contribution in [2.75, 3.05) is 5.32 Å². The molecule has 1 amide bonds. The minimum atomic E-state index is -0.646. The van der Waals surface area contributed by atoms with Crippen LogP contribution in [0.1, 0.15) is 25.5 Å². The Morgan fingerprint density at radius 3 is 2.69 bits per heavy atom. The third-order valence-corrected chi connectivity index (χ3v) is 4.44. The molecule has 1 aromatic carbocycles. The topological polar surface area (TPSA) is 81.8 Å². The van der Waals surface area contributed by atoms with Crippen molar-refractivity contribution in [1.82, 2.24) is 19.6 Å². The zero-order valence-corrected chi connectivity index (χ0v) is 16.0. The van der Waals surface area contributed by atoms with Gasteiger partial charge in [0.25, 0.3) is 5.56 Å². The van der Waals surface area contributed by atoms with E-state index in [4.69, 9.17) is 0 Å². The molecule has 2 aromatic heterocycles. The summed E-state index contributed by atoms with van der Waals surface area (Å²) >= 11 is 3.40. The standard InChI is InChI=1S/C17H17BrFN5O2/c1-9(2)15-12-6-10(18)4-5-11(12)17(26)24(22-15)8-14(25)21-16-13(19)7-20-23(16)3/h4-7,9H,8H2,1-3H3,(H,21,25). The van der Waals surface area contributed by atoms with Crippen molar-refractivity contribution in [2.24, 2.45) is 7.05 Å². The van der Waals surface area contributed by atoms with Crippen LogP contribution in [0.25, 0.3) is 10.8 Å². The van der Waals surface area contributed by atoms with Gasteiger partial charge in [0.1, 0.15) is 6.54 Å². The first kappa shape index (κ1) is 18.2. The summed E-state index contributed by atoms with van der Waals surface area (Å²) < 4.78 is 16.8. The van der Waals surface area contributed by atoms with Crippen molar-refractivity contribution >= 4 is 38.4 Å². The fourth-order valence-corrected chi connectivity index (χ4v) is 3.04. The summed E-state index contributed by atoms with van der Waals surface area (Å²) in [4.78, 5) is 25.0. The Bertz CT molecular complexity index is 1040. The highest BCUT2D eigenvalue weighted by Gasteiger charge is 2.17. The van der Waals surface area contributed by atoms with Crippen LogP contribution in [-0.2, 0) is 18.4 Å². The van der Waals surface area contributed by atoms with Gasteiger partial charge in [0.05, 0.1) is 17.3 Å². The van der Waals surface area contributed by atoms with Crippen molar-refractivity contribution < 1.29 is 9.18 Å². The van der Waals surface area contributed by atoms with Gasteiger partial charge in [-0.15, -0.1) is 0 Å². The Morgan fingerprint density at radius 2 is 2.08 bits per heavy atom. The lowest BCUT2D eigenvalue weighted by Crippen LogP contribution is -2.31. The van der Waals surface area contributed by atoms with E-state index in [9.17, 15) is 14.0 Å². The number of carbonyl (C=O) groups is 1. The number of carbonyl (C=O) groups excluding carboxylic acids is 1. The maximum Gasteiger partial charge on any atom is 0.275 e. The number of aromatic nitrogens is 4.